The maximum atomic E-state index is 8.70. The second-order valence-corrected chi connectivity index (χ2v) is 4.06. The molecule has 0 radical (unpaired) electrons. The Morgan fingerprint density at radius 2 is 2.33 bits per heavy atom. The van der Waals surface area contributed by atoms with Gasteiger partial charge in [0.2, 0.25) is 0 Å². The van der Waals surface area contributed by atoms with E-state index in [0.717, 1.165) is 24.7 Å². The normalized spacial score (nSPS) is 11.2. The lowest BCUT2D eigenvalue weighted by Gasteiger charge is -2.04. The van der Waals surface area contributed by atoms with Crippen LogP contribution >= 0.6 is 0 Å². The van der Waals surface area contributed by atoms with Crippen molar-refractivity contribution in [3.8, 4) is 0 Å². The van der Waals surface area contributed by atoms with Crippen LogP contribution in [0.2, 0.25) is 0 Å². The second kappa shape index (κ2) is 6.53. The van der Waals surface area contributed by atoms with Crippen LogP contribution in [0.4, 0.5) is 0 Å². The number of aliphatic hydroxyl groups is 1. The fourth-order valence-corrected chi connectivity index (χ4v) is 1.24. The highest BCUT2D eigenvalue weighted by molar-refractivity contribution is 4.91. The van der Waals surface area contributed by atoms with Crippen LogP contribution in [0, 0.1) is 5.92 Å². The van der Waals surface area contributed by atoms with Gasteiger partial charge in [0.25, 0.3) is 0 Å². The summed E-state index contributed by atoms with van der Waals surface area (Å²) in [6.45, 7) is 6.78. The number of hydrogen-bond donors (Lipinski definition) is 2. The lowest BCUT2D eigenvalue weighted by molar-refractivity contribution is 0.268. The average molecular weight is 212 g/mol. The smallest absolute Gasteiger partial charge is 0.0964 e. The van der Waals surface area contributed by atoms with Crippen molar-refractivity contribution >= 4 is 0 Å². The molecule has 0 aliphatic heterocycles. The molecule has 15 heavy (non-hydrogen) atoms. The number of aromatic nitrogens is 3. The third-order valence-electron chi connectivity index (χ3n) is 2.12. The summed E-state index contributed by atoms with van der Waals surface area (Å²) in [5.41, 5.74) is 0.923. The molecular formula is C10H20N4O. The molecule has 5 nitrogen and oxygen atoms in total. The van der Waals surface area contributed by atoms with Crippen molar-refractivity contribution in [2.45, 2.75) is 33.4 Å². The van der Waals surface area contributed by atoms with Crippen LogP contribution in [0.15, 0.2) is 6.20 Å². The fourth-order valence-electron chi connectivity index (χ4n) is 1.24. The molecule has 1 rings (SSSR count). The van der Waals surface area contributed by atoms with Gasteiger partial charge in [0.05, 0.1) is 18.8 Å². The van der Waals surface area contributed by atoms with Gasteiger partial charge in [0, 0.05) is 12.7 Å². The van der Waals surface area contributed by atoms with Crippen LogP contribution in [0.3, 0.4) is 0 Å². The molecule has 0 saturated heterocycles. The first-order chi connectivity index (χ1) is 7.22. The minimum atomic E-state index is 0.101. The molecule has 0 unspecified atom stereocenters. The van der Waals surface area contributed by atoms with Gasteiger partial charge >= 0.3 is 0 Å². The van der Waals surface area contributed by atoms with Crippen LogP contribution in [0.25, 0.3) is 0 Å². The number of aliphatic hydroxyl groups excluding tert-OH is 1. The van der Waals surface area contributed by atoms with Crippen molar-refractivity contribution in [2.75, 3.05) is 13.2 Å². The molecule has 2 N–H and O–H groups in total. The Morgan fingerprint density at radius 3 is 3.00 bits per heavy atom. The number of hydrogen-bond acceptors (Lipinski definition) is 4. The van der Waals surface area contributed by atoms with Gasteiger partial charge in [0.15, 0.2) is 0 Å². The Labute approximate surface area is 90.5 Å². The molecule has 5 heteroatoms. The van der Waals surface area contributed by atoms with E-state index in [1.54, 1.807) is 4.68 Å². The van der Waals surface area contributed by atoms with Crippen molar-refractivity contribution in [1.29, 1.82) is 0 Å². The Morgan fingerprint density at radius 1 is 1.53 bits per heavy atom. The van der Waals surface area contributed by atoms with Crippen molar-refractivity contribution in [3.05, 3.63) is 11.9 Å². The first-order valence-corrected chi connectivity index (χ1v) is 5.43. The highest BCUT2D eigenvalue weighted by Gasteiger charge is 1.99. The van der Waals surface area contributed by atoms with Gasteiger partial charge in [-0.3, -0.25) is 0 Å². The minimum Gasteiger partial charge on any atom is -0.394 e. The lowest BCUT2D eigenvalue weighted by Crippen LogP contribution is -2.16. The molecular weight excluding hydrogens is 192 g/mol. The van der Waals surface area contributed by atoms with E-state index in [1.807, 2.05) is 6.20 Å². The van der Waals surface area contributed by atoms with Crippen molar-refractivity contribution in [2.24, 2.45) is 5.92 Å². The molecule has 0 aromatic carbocycles. The zero-order valence-corrected chi connectivity index (χ0v) is 9.48. The maximum absolute atomic E-state index is 8.70. The van der Waals surface area contributed by atoms with Gasteiger partial charge in [-0.05, 0) is 18.9 Å². The molecule has 0 spiro atoms. The van der Waals surface area contributed by atoms with E-state index in [4.69, 9.17) is 5.11 Å². The highest BCUT2D eigenvalue weighted by Crippen LogP contribution is 1.97. The van der Waals surface area contributed by atoms with Crippen molar-refractivity contribution in [1.82, 2.24) is 20.3 Å². The third kappa shape index (κ3) is 4.90. The third-order valence-corrected chi connectivity index (χ3v) is 2.12. The van der Waals surface area contributed by atoms with Gasteiger partial charge in [-0.15, -0.1) is 5.10 Å². The Balaban J connectivity index is 2.19. The summed E-state index contributed by atoms with van der Waals surface area (Å²) in [5, 5.41) is 19.9. The van der Waals surface area contributed by atoms with E-state index in [9.17, 15) is 0 Å². The highest BCUT2D eigenvalue weighted by atomic mass is 16.3. The molecule has 0 saturated carbocycles. The van der Waals surface area contributed by atoms with Crippen LogP contribution in [0.1, 0.15) is 26.0 Å². The molecule has 0 bridgehead atoms. The Kier molecular flexibility index (Phi) is 5.28. The molecule has 1 heterocycles. The molecule has 0 fully saturated rings. The zero-order valence-electron chi connectivity index (χ0n) is 9.48. The standard InChI is InChI=1S/C10H20N4O/c1-9(2)3-4-11-7-10-8-14(5-6-15)13-12-10/h8-9,11,15H,3-7H2,1-2H3. The van der Waals surface area contributed by atoms with Gasteiger partial charge in [-0.25, -0.2) is 4.68 Å². The lowest BCUT2D eigenvalue weighted by atomic mass is 10.1. The van der Waals surface area contributed by atoms with Crippen LogP contribution in [-0.4, -0.2) is 33.3 Å². The molecule has 0 aliphatic carbocycles. The van der Waals surface area contributed by atoms with Crippen LogP contribution in [0.5, 0.6) is 0 Å². The molecule has 0 amide bonds. The maximum Gasteiger partial charge on any atom is 0.0964 e. The number of nitrogens with zero attached hydrogens (tertiary/aromatic N) is 3. The van der Waals surface area contributed by atoms with Gasteiger partial charge in [0.1, 0.15) is 0 Å². The fraction of sp³-hybridized carbons (Fsp3) is 0.800. The summed E-state index contributed by atoms with van der Waals surface area (Å²) in [7, 11) is 0. The molecule has 0 aliphatic rings. The minimum absolute atomic E-state index is 0.101. The first-order valence-electron chi connectivity index (χ1n) is 5.43. The van der Waals surface area contributed by atoms with Crippen molar-refractivity contribution < 1.29 is 5.11 Å². The van der Waals surface area contributed by atoms with E-state index in [1.165, 1.54) is 6.42 Å². The molecule has 86 valence electrons. The summed E-state index contributed by atoms with van der Waals surface area (Å²) < 4.78 is 1.65. The van der Waals surface area contributed by atoms with E-state index in [0.29, 0.717) is 6.54 Å². The predicted molar refractivity (Wildman–Crippen MR) is 58.3 cm³/mol. The quantitative estimate of drug-likeness (QED) is 0.642. The molecule has 1 aromatic rings. The average Bonchev–Trinajstić information content (AvgIpc) is 2.61. The van der Waals surface area contributed by atoms with Gasteiger partial charge in [-0.1, -0.05) is 19.1 Å². The summed E-state index contributed by atoms with van der Waals surface area (Å²) >= 11 is 0. The molecule has 0 atom stereocenters. The Hall–Kier alpha value is -0.940. The predicted octanol–water partition coefficient (Wildman–Crippen LogP) is 0.406. The molecule has 1 aromatic heterocycles. The SMILES string of the molecule is CC(C)CCNCc1cn(CCO)nn1. The zero-order chi connectivity index (χ0) is 11.1. The monoisotopic (exact) mass is 212 g/mol. The van der Waals surface area contributed by atoms with Gasteiger partial charge < -0.3 is 10.4 Å². The summed E-state index contributed by atoms with van der Waals surface area (Å²) in [6, 6.07) is 0. The topological polar surface area (TPSA) is 63.0 Å². The van der Waals surface area contributed by atoms with E-state index in [2.05, 4.69) is 29.5 Å². The van der Waals surface area contributed by atoms with Crippen LogP contribution in [-0.2, 0) is 13.1 Å². The summed E-state index contributed by atoms with van der Waals surface area (Å²) in [4.78, 5) is 0. The van der Waals surface area contributed by atoms with E-state index in [-0.39, 0.29) is 6.61 Å². The largest absolute Gasteiger partial charge is 0.394 e. The van der Waals surface area contributed by atoms with Crippen molar-refractivity contribution in [3.63, 3.8) is 0 Å². The van der Waals surface area contributed by atoms with Crippen LogP contribution < -0.4 is 5.32 Å². The van der Waals surface area contributed by atoms with E-state index >= 15 is 0 Å². The van der Waals surface area contributed by atoms with E-state index < -0.39 is 0 Å². The first kappa shape index (κ1) is 12.1. The Bertz CT molecular complexity index is 272. The summed E-state index contributed by atoms with van der Waals surface area (Å²) in [5.74, 6) is 0.725. The van der Waals surface area contributed by atoms with Gasteiger partial charge in [-0.2, -0.15) is 0 Å². The number of rotatable bonds is 7. The second-order valence-electron chi connectivity index (χ2n) is 4.06. The summed E-state index contributed by atoms with van der Waals surface area (Å²) in [6.07, 6.45) is 3.03. The number of nitrogens with one attached hydrogen (secondary N) is 1.